The number of imidazole rings is 1. The Balaban J connectivity index is 0.00000231. The number of likely N-dealkylation sites (tertiary alicyclic amines) is 1. The first-order valence-electron chi connectivity index (χ1n) is 10.6. The van der Waals surface area contributed by atoms with Crippen LogP contribution in [-0.2, 0) is 0 Å². The smallest absolute Gasteiger partial charge is 0.251 e. The molecular formula is C24H30N6O. The zero-order valence-electron chi connectivity index (χ0n) is 17.2. The largest absolute Gasteiger partial charge is 0.354 e. The first-order chi connectivity index (χ1) is 14.7. The lowest BCUT2D eigenvalue weighted by Crippen LogP contribution is -2.37. The molecule has 1 aliphatic rings. The molecule has 0 atom stereocenters. The summed E-state index contributed by atoms with van der Waals surface area (Å²) in [6.07, 6.45) is 5.63. The molecule has 31 heavy (non-hydrogen) atoms. The van der Waals surface area contributed by atoms with E-state index in [1.54, 1.807) is 6.20 Å². The van der Waals surface area contributed by atoms with Gasteiger partial charge in [-0.1, -0.05) is 19.9 Å². The number of aromatic amines is 2. The SMILES string of the molecule is C.Cc1nc2nccc(-c3cc4ccc(C(=O)NCCN5CCCCC5)cc4[nH]3)c2[nH]1. The molecule has 3 N–H and O–H groups in total. The van der Waals surface area contributed by atoms with Gasteiger partial charge in [0.15, 0.2) is 5.65 Å². The topological polar surface area (TPSA) is 89.7 Å². The maximum atomic E-state index is 12.6. The quantitative estimate of drug-likeness (QED) is 0.452. The van der Waals surface area contributed by atoms with Crippen molar-refractivity contribution in [1.82, 2.24) is 30.2 Å². The molecule has 7 heteroatoms. The summed E-state index contributed by atoms with van der Waals surface area (Å²) in [5, 5.41) is 4.13. The van der Waals surface area contributed by atoms with Crippen LogP contribution in [0.1, 0.15) is 42.9 Å². The first kappa shape index (κ1) is 21.1. The number of aromatic nitrogens is 4. The lowest BCUT2D eigenvalue weighted by atomic mass is 10.1. The second-order valence-electron chi connectivity index (χ2n) is 8.02. The average Bonchev–Trinajstić information content (AvgIpc) is 3.36. The second-order valence-corrected chi connectivity index (χ2v) is 8.02. The minimum atomic E-state index is -0.0273. The zero-order chi connectivity index (χ0) is 20.5. The van der Waals surface area contributed by atoms with E-state index >= 15 is 0 Å². The number of pyridine rings is 1. The highest BCUT2D eigenvalue weighted by Crippen LogP contribution is 2.29. The highest BCUT2D eigenvalue weighted by molar-refractivity contribution is 6.00. The molecule has 4 aromatic rings. The molecule has 0 unspecified atom stereocenters. The number of hydrogen-bond donors (Lipinski definition) is 3. The van der Waals surface area contributed by atoms with Crippen molar-refractivity contribution in [1.29, 1.82) is 0 Å². The van der Waals surface area contributed by atoms with Crippen LogP contribution in [-0.4, -0.2) is 56.9 Å². The van der Waals surface area contributed by atoms with Crippen molar-refractivity contribution >= 4 is 28.0 Å². The van der Waals surface area contributed by atoms with E-state index in [-0.39, 0.29) is 13.3 Å². The average molecular weight is 419 g/mol. The Kier molecular flexibility index (Phi) is 6.04. The van der Waals surface area contributed by atoms with Gasteiger partial charge in [-0.3, -0.25) is 4.79 Å². The van der Waals surface area contributed by atoms with Gasteiger partial charge in [-0.15, -0.1) is 0 Å². The molecule has 7 nitrogen and oxygen atoms in total. The number of hydrogen-bond acceptors (Lipinski definition) is 4. The fraction of sp³-hybridized carbons (Fsp3) is 0.375. The maximum Gasteiger partial charge on any atom is 0.251 e. The van der Waals surface area contributed by atoms with Crippen LogP contribution in [0.4, 0.5) is 0 Å². The van der Waals surface area contributed by atoms with Crippen molar-refractivity contribution in [3.8, 4) is 11.3 Å². The Morgan fingerprint density at radius 3 is 2.81 bits per heavy atom. The standard InChI is InChI=1S/C23H26N6O.CH4/c1-15-26-21-18(7-8-24-22(21)27-15)20-13-16-5-6-17(14-19(16)28-20)23(30)25-9-12-29-10-3-2-4-11-29;/h5-8,13-14,28H,2-4,9-12H2,1H3,(H,25,30)(H,24,26,27);1H4. The van der Waals surface area contributed by atoms with Crippen molar-refractivity contribution in [3.63, 3.8) is 0 Å². The highest BCUT2D eigenvalue weighted by Gasteiger charge is 2.13. The predicted octanol–water partition coefficient (Wildman–Crippen LogP) is 4.27. The monoisotopic (exact) mass is 418 g/mol. The number of nitrogens with one attached hydrogen (secondary N) is 3. The van der Waals surface area contributed by atoms with Crippen LogP contribution in [0.25, 0.3) is 33.3 Å². The number of piperidine rings is 1. The minimum absolute atomic E-state index is 0. The van der Waals surface area contributed by atoms with Crippen LogP contribution in [0, 0.1) is 6.92 Å². The molecule has 1 saturated heterocycles. The molecule has 1 fully saturated rings. The van der Waals surface area contributed by atoms with Gasteiger partial charge < -0.3 is 20.2 Å². The number of carbonyl (C=O) groups is 1. The third kappa shape index (κ3) is 4.32. The Bertz CT molecular complexity index is 1200. The second kappa shape index (κ2) is 8.89. The van der Waals surface area contributed by atoms with Crippen LogP contribution in [0.5, 0.6) is 0 Å². The summed E-state index contributed by atoms with van der Waals surface area (Å²) >= 11 is 0. The van der Waals surface area contributed by atoms with E-state index in [9.17, 15) is 4.79 Å². The third-order valence-electron chi connectivity index (χ3n) is 5.85. The molecule has 5 rings (SSSR count). The van der Waals surface area contributed by atoms with Gasteiger partial charge in [0.2, 0.25) is 0 Å². The molecule has 4 heterocycles. The molecule has 1 aromatic carbocycles. The van der Waals surface area contributed by atoms with Gasteiger partial charge in [-0.2, -0.15) is 0 Å². The van der Waals surface area contributed by atoms with E-state index in [1.165, 1.54) is 19.3 Å². The lowest BCUT2D eigenvalue weighted by Gasteiger charge is -2.26. The fourth-order valence-electron chi connectivity index (χ4n) is 4.28. The van der Waals surface area contributed by atoms with Crippen molar-refractivity contribution in [3.05, 3.63) is 47.9 Å². The van der Waals surface area contributed by atoms with E-state index in [2.05, 4.69) is 36.2 Å². The van der Waals surface area contributed by atoms with Crippen molar-refractivity contribution in [2.75, 3.05) is 26.2 Å². The fourth-order valence-corrected chi connectivity index (χ4v) is 4.28. The summed E-state index contributed by atoms with van der Waals surface area (Å²) in [7, 11) is 0. The lowest BCUT2D eigenvalue weighted by molar-refractivity contribution is 0.0946. The van der Waals surface area contributed by atoms with Crippen LogP contribution in [0.15, 0.2) is 36.5 Å². The number of carbonyl (C=O) groups excluding carboxylic acids is 1. The number of benzene rings is 1. The highest BCUT2D eigenvalue weighted by atomic mass is 16.1. The molecule has 162 valence electrons. The normalized spacial score (nSPS) is 14.6. The summed E-state index contributed by atoms with van der Waals surface area (Å²) in [5.41, 5.74) is 5.23. The predicted molar refractivity (Wildman–Crippen MR) is 125 cm³/mol. The van der Waals surface area contributed by atoms with E-state index in [1.807, 2.05) is 31.2 Å². The van der Waals surface area contributed by atoms with Crippen molar-refractivity contribution in [2.24, 2.45) is 0 Å². The van der Waals surface area contributed by atoms with Crippen LogP contribution in [0.3, 0.4) is 0 Å². The Morgan fingerprint density at radius 1 is 1.13 bits per heavy atom. The van der Waals surface area contributed by atoms with E-state index in [0.717, 1.165) is 53.1 Å². The molecule has 0 aliphatic carbocycles. The van der Waals surface area contributed by atoms with Crippen molar-refractivity contribution in [2.45, 2.75) is 33.6 Å². The Labute approximate surface area is 182 Å². The van der Waals surface area contributed by atoms with Gasteiger partial charge in [-0.05, 0) is 57.1 Å². The molecule has 1 amide bonds. The first-order valence-corrected chi connectivity index (χ1v) is 10.6. The molecule has 0 spiro atoms. The van der Waals surface area contributed by atoms with Gasteiger partial charge in [0.1, 0.15) is 5.82 Å². The minimum Gasteiger partial charge on any atom is -0.354 e. The van der Waals surface area contributed by atoms with E-state index in [0.29, 0.717) is 17.8 Å². The van der Waals surface area contributed by atoms with Gasteiger partial charge in [-0.25, -0.2) is 9.97 Å². The number of H-pyrrole nitrogens is 2. The Hall–Kier alpha value is -3.19. The molecule has 3 aromatic heterocycles. The third-order valence-corrected chi connectivity index (χ3v) is 5.85. The van der Waals surface area contributed by atoms with Crippen LogP contribution >= 0.6 is 0 Å². The summed E-state index contributed by atoms with van der Waals surface area (Å²) in [6.45, 7) is 5.81. The zero-order valence-corrected chi connectivity index (χ0v) is 17.2. The number of aryl methyl sites for hydroxylation is 1. The van der Waals surface area contributed by atoms with Gasteiger partial charge in [0.05, 0.1) is 5.52 Å². The summed E-state index contributed by atoms with van der Waals surface area (Å²) in [4.78, 5) is 30.5. The summed E-state index contributed by atoms with van der Waals surface area (Å²) in [5.74, 6) is 0.810. The molecule has 0 radical (unpaired) electrons. The molecule has 1 aliphatic heterocycles. The number of nitrogens with zero attached hydrogens (tertiary/aromatic N) is 3. The Morgan fingerprint density at radius 2 is 1.97 bits per heavy atom. The van der Waals surface area contributed by atoms with E-state index < -0.39 is 0 Å². The molecular weight excluding hydrogens is 388 g/mol. The van der Waals surface area contributed by atoms with Crippen LogP contribution < -0.4 is 5.32 Å². The van der Waals surface area contributed by atoms with Crippen LogP contribution in [0.2, 0.25) is 0 Å². The van der Waals surface area contributed by atoms with E-state index in [4.69, 9.17) is 0 Å². The summed E-state index contributed by atoms with van der Waals surface area (Å²) in [6, 6.07) is 9.87. The number of amides is 1. The molecule has 0 saturated carbocycles. The summed E-state index contributed by atoms with van der Waals surface area (Å²) < 4.78 is 0. The number of fused-ring (bicyclic) bond motifs is 2. The van der Waals surface area contributed by atoms with Crippen molar-refractivity contribution < 1.29 is 4.79 Å². The van der Waals surface area contributed by atoms with Gasteiger partial charge >= 0.3 is 0 Å². The molecule has 0 bridgehead atoms. The van der Waals surface area contributed by atoms with Gasteiger partial charge in [0.25, 0.3) is 5.91 Å². The van der Waals surface area contributed by atoms with Gasteiger partial charge in [0, 0.05) is 47.0 Å². The maximum absolute atomic E-state index is 12.6. The number of rotatable bonds is 5.